The summed E-state index contributed by atoms with van der Waals surface area (Å²) in [7, 11) is -4.99. The number of halogens is 3. The predicted molar refractivity (Wildman–Crippen MR) is 110 cm³/mol. The van der Waals surface area contributed by atoms with Gasteiger partial charge in [0.25, 0.3) is 0 Å². The molecule has 152 valence electrons. The lowest BCUT2D eigenvalue weighted by Gasteiger charge is -2.14. The standard InChI is InChI=1S/C18H19BrF2NO4PS/c1-12(23)22-14-5-7-15(8-6-14)28-10-2-3-13-4-9-17(16(19)11-13)26-27(24,25)18(20)21/h4-9,11,18H,2-3,10H2,1H3,(H,22,23)(H,24,25). The highest BCUT2D eigenvalue weighted by Crippen LogP contribution is 2.50. The van der Waals surface area contributed by atoms with Crippen molar-refractivity contribution < 1.29 is 27.6 Å². The van der Waals surface area contributed by atoms with Gasteiger partial charge in [-0.05, 0) is 76.5 Å². The molecule has 0 radical (unpaired) electrons. The third-order valence-corrected chi connectivity index (χ3v) is 6.19. The lowest BCUT2D eigenvalue weighted by Crippen LogP contribution is -2.05. The number of alkyl halides is 2. The maximum absolute atomic E-state index is 12.5. The van der Waals surface area contributed by atoms with Crippen molar-refractivity contribution >= 4 is 46.9 Å². The van der Waals surface area contributed by atoms with E-state index in [0.29, 0.717) is 4.47 Å². The van der Waals surface area contributed by atoms with Gasteiger partial charge >= 0.3 is 13.8 Å². The summed E-state index contributed by atoms with van der Waals surface area (Å²) < 4.78 is 41.1. The van der Waals surface area contributed by atoms with E-state index in [1.807, 2.05) is 24.3 Å². The highest BCUT2D eigenvalue weighted by Gasteiger charge is 2.34. The molecule has 0 bridgehead atoms. The van der Waals surface area contributed by atoms with Gasteiger partial charge in [0.1, 0.15) is 5.75 Å². The Labute approximate surface area is 174 Å². The second kappa shape index (κ2) is 10.4. The number of nitrogens with one attached hydrogen (secondary N) is 1. The summed E-state index contributed by atoms with van der Waals surface area (Å²) in [5.74, 6) is 0.662. The quantitative estimate of drug-likeness (QED) is 0.257. The Morgan fingerprint density at radius 3 is 2.54 bits per heavy atom. The molecule has 28 heavy (non-hydrogen) atoms. The predicted octanol–water partition coefficient (Wildman–Crippen LogP) is 5.92. The number of aryl methyl sites for hydroxylation is 1. The Morgan fingerprint density at radius 1 is 1.29 bits per heavy atom. The average Bonchev–Trinajstić information content (AvgIpc) is 2.61. The maximum Gasteiger partial charge on any atom is 0.442 e. The zero-order chi connectivity index (χ0) is 20.7. The van der Waals surface area contributed by atoms with Crippen molar-refractivity contribution in [3.05, 3.63) is 52.5 Å². The van der Waals surface area contributed by atoms with Crippen LogP contribution < -0.4 is 9.84 Å². The fraction of sp³-hybridized carbons (Fsp3) is 0.278. The summed E-state index contributed by atoms with van der Waals surface area (Å²) >= 11 is 4.86. The molecule has 0 spiro atoms. The Kier molecular flexibility index (Phi) is 8.49. The van der Waals surface area contributed by atoms with Crippen molar-refractivity contribution in [2.24, 2.45) is 0 Å². The Morgan fingerprint density at radius 2 is 1.96 bits per heavy atom. The van der Waals surface area contributed by atoms with Crippen LogP contribution in [0.1, 0.15) is 18.9 Å². The lowest BCUT2D eigenvalue weighted by atomic mass is 10.1. The molecular weight excluding hydrogens is 475 g/mol. The van der Waals surface area contributed by atoms with Crippen LogP contribution in [0.4, 0.5) is 14.5 Å². The lowest BCUT2D eigenvalue weighted by molar-refractivity contribution is -0.114. The summed E-state index contributed by atoms with van der Waals surface area (Å²) in [6, 6.07) is 12.3. The third-order valence-electron chi connectivity index (χ3n) is 3.53. The first-order valence-corrected chi connectivity index (χ1v) is 11.7. The minimum Gasteiger partial charge on any atom is -0.420 e. The highest BCUT2D eigenvalue weighted by atomic mass is 79.9. The Balaban J connectivity index is 1.82. The number of benzene rings is 2. The van der Waals surface area contributed by atoms with E-state index < -0.39 is 13.8 Å². The Bertz CT molecular complexity index is 867. The zero-order valence-corrected chi connectivity index (χ0v) is 18.2. The van der Waals surface area contributed by atoms with E-state index >= 15 is 0 Å². The van der Waals surface area contributed by atoms with Crippen LogP contribution in [0, 0.1) is 0 Å². The summed E-state index contributed by atoms with van der Waals surface area (Å²) in [4.78, 5) is 21.2. The van der Waals surface area contributed by atoms with Crippen LogP contribution in [0.15, 0.2) is 51.8 Å². The van der Waals surface area contributed by atoms with Crippen molar-refractivity contribution in [1.29, 1.82) is 0 Å². The van der Waals surface area contributed by atoms with Gasteiger partial charge in [-0.2, -0.15) is 8.78 Å². The van der Waals surface area contributed by atoms with E-state index in [1.165, 1.54) is 13.0 Å². The van der Waals surface area contributed by atoms with Gasteiger partial charge in [-0.15, -0.1) is 11.8 Å². The van der Waals surface area contributed by atoms with E-state index in [1.54, 1.807) is 23.9 Å². The zero-order valence-electron chi connectivity index (χ0n) is 14.9. The largest absolute Gasteiger partial charge is 0.442 e. The Hall–Kier alpha value is -1.41. The normalized spacial score (nSPS) is 13.2. The van der Waals surface area contributed by atoms with Gasteiger partial charge in [0.05, 0.1) is 4.47 Å². The van der Waals surface area contributed by atoms with Crippen LogP contribution in [0.25, 0.3) is 0 Å². The monoisotopic (exact) mass is 493 g/mol. The second-order valence-corrected chi connectivity index (χ2v) is 9.58. The number of rotatable bonds is 9. The molecule has 1 unspecified atom stereocenters. The van der Waals surface area contributed by atoms with Crippen molar-refractivity contribution in [2.75, 3.05) is 11.1 Å². The minimum absolute atomic E-state index is 0.0940. The van der Waals surface area contributed by atoms with Crippen molar-refractivity contribution in [1.82, 2.24) is 0 Å². The SMILES string of the molecule is CC(=O)Nc1ccc(SCCCc2ccc(OP(=O)(O)C(F)F)c(Br)c2)cc1. The van der Waals surface area contributed by atoms with Gasteiger partial charge in [-0.1, -0.05) is 6.07 Å². The first kappa shape index (κ1) is 22.9. The third kappa shape index (κ3) is 7.20. The summed E-state index contributed by atoms with van der Waals surface area (Å²) in [5.41, 5.74) is 1.70. The van der Waals surface area contributed by atoms with Gasteiger partial charge in [-0.25, -0.2) is 4.57 Å². The number of amides is 1. The summed E-state index contributed by atoms with van der Waals surface area (Å²) in [6.07, 6.45) is -1.83. The van der Waals surface area contributed by atoms with E-state index in [0.717, 1.165) is 34.7 Å². The molecule has 0 aliphatic carbocycles. The van der Waals surface area contributed by atoms with E-state index in [-0.39, 0.29) is 11.7 Å². The van der Waals surface area contributed by atoms with E-state index in [2.05, 4.69) is 25.8 Å². The van der Waals surface area contributed by atoms with Crippen LogP contribution in [0.5, 0.6) is 5.75 Å². The first-order chi connectivity index (χ1) is 13.2. The van der Waals surface area contributed by atoms with Crippen LogP contribution in [0.2, 0.25) is 0 Å². The molecule has 2 rings (SSSR count). The molecule has 0 aliphatic rings. The van der Waals surface area contributed by atoms with Crippen LogP contribution in [0.3, 0.4) is 0 Å². The molecule has 0 aliphatic heterocycles. The number of hydrogen-bond acceptors (Lipinski definition) is 4. The molecule has 5 nitrogen and oxygen atoms in total. The number of thioether (sulfide) groups is 1. The second-order valence-electron chi connectivity index (χ2n) is 5.86. The van der Waals surface area contributed by atoms with Gasteiger partial charge in [0.15, 0.2) is 0 Å². The van der Waals surface area contributed by atoms with Crippen molar-refractivity contribution in [3.63, 3.8) is 0 Å². The molecule has 0 saturated heterocycles. The van der Waals surface area contributed by atoms with E-state index in [4.69, 9.17) is 4.89 Å². The van der Waals surface area contributed by atoms with Gasteiger partial charge in [0.2, 0.25) is 5.91 Å². The fourth-order valence-corrected chi connectivity index (χ4v) is 4.26. The molecule has 0 saturated carbocycles. The van der Waals surface area contributed by atoms with Gasteiger partial charge in [0, 0.05) is 17.5 Å². The fourth-order valence-electron chi connectivity index (χ4n) is 2.26. The molecule has 0 heterocycles. The van der Waals surface area contributed by atoms with Crippen molar-refractivity contribution in [3.8, 4) is 5.75 Å². The number of carbonyl (C=O) groups excluding carboxylic acids is 1. The van der Waals surface area contributed by atoms with Crippen LogP contribution in [-0.2, 0) is 15.8 Å². The summed E-state index contributed by atoms with van der Waals surface area (Å²) in [6.45, 7) is 1.46. The molecule has 1 atom stereocenters. The molecule has 2 N–H and O–H groups in total. The van der Waals surface area contributed by atoms with Crippen LogP contribution >= 0.6 is 35.3 Å². The average molecular weight is 494 g/mol. The number of carbonyl (C=O) groups is 1. The molecule has 2 aromatic carbocycles. The molecule has 0 fully saturated rings. The maximum atomic E-state index is 12.5. The first-order valence-electron chi connectivity index (χ1n) is 8.26. The molecular formula is C18H19BrF2NO4PS. The molecule has 2 aromatic rings. The van der Waals surface area contributed by atoms with Crippen LogP contribution in [-0.4, -0.2) is 22.7 Å². The molecule has 0 aromatic heterocycles. The van der Waals surface area contributed by atoms with Crippen molar-refractivity contribution in [2.45, 2.75) is 30.8 Å². The minimum atomic E-state index is -4.99. The van der Waals surface area contributed by atoms with Gasteiger partial charge < -0.3 is 14.7 Å². The smallest absolute Gasteiger partial charge is 0.420 e. The molecule has 10 heteroatoms. The highest BCUT2D eigenvalue weighted by molar-refractivity contribution is 9.10. The number of hydrogen-bond donors (Lipinski definition) is 2. The van der Waals surface area contributed by atoms with Gasteiger partial charge in [-0.3, -0.25) is 4.79 Å². The topological polar surface area (TPSA) is 75.6 Å². The van der Waals surface area contributed by atoms with E-state index in [9.17, 15) is 18.1 Å². The summed E-state index contributed by atoms with van der Waals surface area (Å²) in [5, 5.41) is 2.71. The molecule has 1 amide bonds. The number of anilines is 1.